The van der Waals surface area contributed by atoms with Gasteiger partial charge in [-0.2, -0.15) is 5.10 Å². The second kappa shape index (κ2) is 9.56. The van der Waals surface area contributed by atoms with Crippen LogP contribution in [-0.4, -0.2) is 34.4 Å². The maximum Gasteiger partial charge on any atom is 0.230 e. The van der Waals surface area contributed by atoms with Crippen molar-refractivity contribution in [2.45, 2.75) is 32.4 Å². The van der Waals surface area contributed by atoms with E-state index in [1.165, 1.54) is 18.5 Å². The van der Waals surface area contributed by atoms with Crippen LogP contribution in [0.1, 0.15) is 0 Å². The first-order chi connectivity index (χ1) is 16.9. The van der Waals surface area contributed by atoms with Crippen LogP contribution < -0.4 is 0 Å². The second-order valence-corrected chi connectivity index (χ2v) is 15.3. The van der Waals surface area contributed by atoms with Crippen LogP contribution in [0.3, 0.4) is 0 Å². The van der Waals surface area contributed by atoms with Gasteiger partial charge in [0, 0.05) is 37.6 Å². The van der Waals surface area contributed by atoms with Crippen LogP contribution in [0, 0.1) is 5.82 Å². The van der Waals surface area contributed by atoms with Gasteiger partial charge in [0.15, 0.2) is 0 Å². The maximum atomic E-state index is 13.6. The molecule has 0 atom stereocenters. The van der Waals surface area contributed by atoms with Crippen molar-refractivity contribution in [1.82, 2.24) is 19.7 Å². The highest BCUT2D eigenvalue weighted by molar-refractivity contribution is 6.76. The summed E-state index contributed by atoms with van der Waals surface area (Å²) < 4.78 is 27.4. The van der Waals surface area contributed by atoms with Gasteiger partial charge in [0.25, 0.3) is 0 Å². The summed E-state index contributed by atoms with van der Waals surface area (Å²) in [6.45, 7) is 7.99. The summed E-state index contributed by atoms with van der Waals surface area (Å²) in [4.78, 5) is 8.94. The smallest absolute Gasteiger partial charge is 0.230 e. The van der Waals surface area contributed by atoms with Crippen molar-refractivity contribution < 1.29 is 13.5 Å². The number of furan rings is 1. The molecule has 0 amide bonds. The van der Waals surface area contributed by atoms with E-state index in [1.807, 2.05) is 42.6 Å². The average molecular weight is 487 g/mol. The molecule has 6 nitrogen and oxygen atoms in total. The number of fused-ring (bicyclic) bond motifs is 1. The van der Waals surface area contributed by atoms with Crippen molar-refractivity contribution in [1.29, 1.82) is 0 Å². The molecule has 3 heterocycles. The van der Waals surface area contributed by atoms with E-state index in [0.29, 0.717) is 36.2 Å². The third-order valence-corrected chi connectivity index (χ3v) is 7.45. The van der Waals surface area contributed by atoms with Crippen molar-refractivity contribution >= 4 is 19.2 Å². The van der Waals surface area contributed by atoms with E-state index in [2.05, 4.69) is 29.6 Å². The molecule has 8 heteroatoms. The molecule has 5 rings (SSSR count). The first-order valence-electron chi connectivity index (χ1n) is 11.6. The first-order valence-corrected chi connectivity index (χ1v) is 15.3. The minimum atomic E-state index is -1.19. The van der Waals surface area contributed by atoms with E-state index in [0.717, 1.165) is 28.1 Å². The Morgan fingerprint density at radius 2 is 1.71 bits per heavy atom. The summed E-state index contributed by atoms with van der Waals surface area (Å²) in [5.41, 5.74) is 4.45. The summed E-state index contributed by atoms with van der Waals surface area (Å²) in [5.74, 6) is 0.420. The van der Waals surface area contributed by atoms with Crippen molar-refractivity contribution in [2.75, 3.05) is 6.61 Å². The Balaban J connectivity index is 1.55. The number of rotatable bonds is 8. The molecule has 2 aromatic carbocycles. The van der Waals surface area contributed by atoms with Crippen LogP contribution in [-0.2, 0) is 11.5 Å². The van der Waals surface area contributed by atoms with E-state index in [4.69, 9.17) is 14.3 Å². The molecule has 0 N–H and O–H groups in total. The van der Waals surface area contributed by atoms with Crippen molar-refractivity contribution in [3.8, 4) is 33.8 Å². The van der Waals surface area contributed by atoms with Crippen LogP contribution in [0.15, 0.2) is 77.6 Å². The predicted octanol–water partition coefficient (Wildman–Crippen LogP) is 6.87. The van der Waals surface area contributed by atoms with Gasteiger partial charge in [-0.25, -0.2) is 19.0 Å². The first kappa shape index (κ1) is 23.1. The SMILES string of the molecule is C[Si](C)(C)CCOCn1cc(-c2ncnc3oc(-c4ccccc4)cc23)c(-c2ccc(F)cc2)n1. The lowest BCUT2D eigenvalue weighted by molar-refractivity contribution is 0.0788. The summed E-state index contributed by atoms with van der Waals surface area (Å²) in [7, 11) is -1.19. The minimum Gasteiger partial charge on any atom is -0.438 e. The Morgan fingerprint density at radius 3 is 2.46 bits per heavy atom. The van der Waals surface area contributed by atoms with Gasteiger partial charge >= 0.3 is 0 Å². The summed E-state index contributed by atoms with van der Waals surface area (Å²) in [5, 5.41) is 5.57. The normalized spacial score (nSPS) is 11.9. The van der Waals surface area contributed by atoms with Gasteiger partial charge in [-0.3, -0.25) is 0 Å². The largest absolute Gasteiger partial charge is 0.438 e. The van der Waals surface area contributed by atoms with Crippen molar-refractivity contribution in [2.24, 2.45) is 0 Å². The zero-order valence-electron chi connectivity index (χ0n) is 20.0. The molecular weight excluding hydrogens is 459 g/mol. The standard InChI is InChI=1S/C27H27FN4O2Si/c1-35(2,3)14-13-33-18-32-16-23(25(31-32)20-9-11-21(28)12-10-20)26-22-15-24(19-7-5-4-6-8-19)34-27(22)30-17-29-26/h4-12,15-17H,13-14,18H2,1-3H3. The minimum absolute atomic E-state index is 0.295. The number of ether oxygens (including phenoxy) is 1. The van der Waals surface area contributed by atoms with Gasteiger partial charge < -0.3 is 9.15 Å². The number of halogens is 1. The number of benzene rings is 2. The van der Waals surface area contributed by atoms with E-state index in [1.54, 1.807) is 16.8 Å². The fraction of sp³-hybridized carbons (Fsp3) is 0.222. The molecule has 35 heavy (non-hydrogen) atoms. The Hall–Kier alpha value is -3.62. The van der Waals surface area contributed by atoms with E-state index >= 15 is 0 Å². The highest BCUT2D eigenvalue weighted by Gasteiger charge is 2.20. The Morgan fingerprint density at radius 1 is 0.943 bits per heavy atom. The fourth-order valence-corrected chi connectivity index (χ4v) is 4.59. The maximum absolute atomic E-state index is 13.6. The van der Waals surface area contributed by atoms with Crippen LogP contribution in [0.2, 0.25) is 25.7 Å². The topological polar surface area (TPSA) is 66.0 Å². The lowest BCUT2D eigenvalue weighted by Crippen LogP contribution is -2.22. The molecule has 0 unspecified atom stereocenters. The average Bonchev–Trinajstić information content (AvgIpc) is 3.47. The van der Waals surface area contributed by atoms with Gasteiger partial charge in [-0.15, -0.1) is 0 Å². The van der Waals surface area contributed by atoms with Gasteiger partial charge in [0.2, 0.25) is 5.71 Å². The number of hydrogen-bond donors (Lipinski definition) is 0. The van der Waals surface area contributed by atoms with E-state index in [9.17, 15) is 4.39 Å². The molecule has 0 radical (unpaired) electrons. The zero-order chi connectivity index (χ0) is 24.4. The third kappa shape index (κ3) is 5.23. The molecule has 0 bridgehead atoms. The van der Waals surface area contributed by atoms with Crippen LogP contribution in [0.4, 0.5) is 4.39 Å². The van der Waals surface area contributed by atoms with Gasteiger partial charge in [0.1, 0.15) is 30.3 Å². The number of aromatic nitrogens is 4. The van der Waals surface area contributed by atoms with Gasteiger partial charge in [-0.1, -0.05) is 50.0 Å². The van der Waals surface area contributed by atoms with E-state index in [-0.39, 0.29) is 5.82 Å². The van der Waals surface area contributed by atoms with Crippen LogP contribution in [0.25, 0.3) is 44.9 Å². The molecule has 0 aliphatic rings. The Kier molecular flexibility index (Phi) is 6.32. The van der Waals surface area contributed by atoms with Crippen molar-refractivity contribution in [3.63, 3.8) is 0 Å². The molecule has 0 aliphatic carbocycles. The lowest BCUT2D eigenvalue weighted by atomic mass is 10.0. The van der Waals surface area contributed by atoms with Gasteiger partial charge in [0.05, 0.1) is 11.1 Å². The third-order valence-electron chi connectivity index (χ3n) is 5.74. The highest BCUT2D eigenvalue weighted by atomic mass is 28.3. The van der Waals surface area contributed by atoms with Crippen molar-refractivity contribution in [3.05, 3.63) is 79.0 Å². The molecule has 0 fully saturated rings. The van der Waals surface area contributed by atoms with E-state index < -0.39 is 8.07 Å². The van der Waals surface area contributed by atoms with Crippen LogP contribution in [0.5, 0.6) is 0 Å². The molecule has 5 aromatic rings. The molecule has 0 saturated heterocycles. The fourth-order valence-electron chi connectivity index (χ4n) is 3.83. The Labute approximate surface area is 204 Å². The van der Waals surface area contributed by atoms with Gasteiger partial charge in [-0.05, 0) is 36.4 Å². The monoisotopic (exact) mass is 486 g/mol. The highest BCUT2D eigenvalue weighted by Crippen LogP contribution is 2.36. The quantitative estimate of drug-likeness (QED) is 0.177. The summed E-state index contributed by atoms with van der Waals surface area (Å²) in [6.07, 6.45) is 3.41. The molecule has 0 saturated carbocycles. The molecule has 0 aliphatic heterocycles. The summed E-state index contributed by atoms with van der Waals surface area (Å²) >= 11 is 0. The number of nitrogens with zero attached hydrogens (tertiary/aromatic N) is 4. The molecule has 3 aromatic heterocycles. The zero-order valence-corrected chi connectivity index (χ0v) is 21.0. The molecule has 0 spiro atoms. The lowest BCUT2D eigenvalue weighted by Gasteiger charge is -2.15. The summed E-state index contributed by atoms with van der Waals surface area (Å²) in [6, 6.07) is 19.2. The predicted molar refractivity (Wildman–Crippen MR) is 138 cm³/mol. The molecular formula is C27H27FN4O2Si. The number of hydrogen-bond acceptors (Lipinski definition) is 5. The Bertz CT molecular complexity index is 1440. The van der Waals surface area contributed by atoms with Crippen LogP contribution >= 0.6 is 0 Å². The second-order valence-electron chi connectivity index (χ2n) is 9.70. The molecule has 178 valence electrons.